The molecule has 0 aliphatic heterocycles. The van der Waals surface area contributed by atoms with E-state index in [0.717, 1.165) is 5.56 Å². The first-order valence-electron chi connectivity index (χ1n) is 6.38. The fourth-order valence-electron chi connectivity index (χ4n) is 1.98. The smallest absolute Gasteiger partial charge is 0.123 e. The summed E-state index contributed by atoms with van der Waals surface area (Å²) in [6, 6.07) is 16.2. The first kappa shape index (κ1) is 13.7. The van der Waals surface area contributed by atoms with Gasteiger partial charge < -0.3 is 10.4 Å². The third-order valence-electron chi connectivity index (χ3n) is 3.15. The maximum atomic E-state index is 13.1. The van der Waals surface area contributed by atoms with Gasteiger partial charge >= 0.3 is 0 Å². The zero-order chi connectivity index (χ0) is 13.7. The van der Waals surface area contributed by atoms with E-state index in [4.69, 9.17) is 0 Å². The molecule has 0 bridgehead atoms. The van der Waals surface area contributed by atoms with Crippen LogP contribution in [0.1, 0.15) is 30.2 Å². The molecule has 0 aliphatic carbocycles. The monoisotopic (exact) mass is 259 g/mol. The molecule has 2 N–H and O–H groups in total. The van der Waals surface area contributed by atoms with Gasteiger partial charge in [0.15, 0.2) is 0 Å². The Labute approximate surface area is 112 Å². The minimum Gasteiger partial charge on any atom is -0.387 e. The van der Waals surface area contributed by atoms with E-state index in [1.54, 1.807) is 12.1 Å². The molecule has 0 fully saturated rings. The summed E-state index contributed by atoms with van der Waals surface area (Å²) in [4.78, 5) is 0. The van der Waals surface area contributed by atoms with Crippen molar-refractivity contribution in [1.29, 1.82) is 0 Å². The van der Waals surface area contributed by atoms with Crippen LogP contribution >= 0.6 is 0 Å². The third kappa shape index (κ3) is 3.88. The molecular weight excluding hydrogens is 241 g/mol. The van der Waals surface area contributed by atoms with Crippen LogP contribution < -0.4 is 5.32 Å². The van der Waals surface area contributed by atoms with Crippen molar-refractivity contribution in [3.8, 4) is 0 Å². The number of halogens is 1. The minimum atomic E-state index is -0.707. The van der Waals surface area contributed by atoms with Gasteiger partial charge in [-0.3, -0.25) is 0 Å². The lowest BCUT2D eigenvalue weighted by Crippen LogP contribution is -2.24. The molecule has 0 aromatic heterocycles. The molecule has 1 unspecified atom stereocenters. The molecule has 19 heavy (non-hydrogen) atoms. The highest BCUT2D eigenvalue weighted by Gasteiger charge is 2.10. The van der Waals surface area contributed by atoms with E-state index in [1.807, 2.05) is 37.3 Å². The van der Waals surface area contributed by atoms with Crippen LogP contribution in [0.5, 0.6) is 0 Å². The summed E-state index contributed by atoms with van der Waals surface area (Å²) in [6.45, 7) is 2.42. The summed E-state index contributed by atoms with van der Waals surface area (Å²) in [6.07, 6.45) is -0.707. The number of hydrogen-bond donors (Lipinski definition) is 2. The van der Waals surface area contributed by atoms with Crippen LogP contribution in [0.2, 0.25) is 0 Å². The van der Waals surface area contributed by atoms with Gasteiger partial charge in [-0.2, -0.15) is 0 Å². The number of rotatable bonds is 5. The van der Waals surface area contributed by atoms with Gasteiger partial charge in [-0.15, -0.1) is 0 Å². The number of aliphatic hydroxyl groups excluding tert-OH is 1. The van der Waals surface area contributed by atoms with E-state index in [0.29, 0.717) is 12.1 Å². The zero-order valence-electron chi connectivity index (χ0n) is 10.9. The average Bonchev–Trinajstić information content (AvgIpc) is 2.45. The van der Waals surface area contributed by atoms with E-state index in [9.17, 15) is 9.50 Å². The summed E-state index contributed by atoms with van der Waals surface area (Å²) in [5, 5.41) is 13.3. The van der Waals surface area contributed by atoms with E-state index < -0.39 is 6.10 Å². The van der Waals surface area contributed by atoms with Crippen LogP contribution in [-0.4, -0.2) is 11.7 Å². The van der Waals surface area contributed by atoms with Crippen molar-refractivity contribution in [2.24, 2.45) is 0 Å². The molecule has 0 radical (unpaired) electrons. The lowest BCUT2D eigenvalue weighted by molar-refractivity contribution is 0.170. The molecule has 2 nitrogen and oxygen atoms in total. The quantitative estimate of drug-likeness (QED) is 0.864. The lowest BCUT2D eigenvalue weighted by Gasteiger charge is -2.17. The van der Waals surface area contributed by atoms with Gasteiger partial charge in [-0.1, -0.05) is 42.5 Å². The van der Waals surface area contributed by atoms with Crippen molar-refractivity contribution in [3.05, 3.63) is 71.5 Å². The molecule has 2 atom stereocenters. The normalized spacial score (nSPS) is 14.1. The molecule has 0 saturated carbocycles. The van der Waals surface area contributed by atoms with Crippen LogP contribution in [0, 0.1) is 5.82 Å². The minimum absolute atomic E-state index is 0.143. The molecule has 2 rings (SSSR count). The van der Waals surface area contributed by atoms with Crippen LogP contribution in [0.25, 0.3) is 0 Å². The van der Waals surface area contributed by atoms with Crippen LogP contribution in [0.15, 0.2) is 54.6 Å². The van der Waals surface area contributed by atoms with E-state index >= 15 is 0 Å². The molecule has 3 heteroatoms. The first-order chi connectivity index (χ1) is 9.16. The van der Waals surface area contributed by atoms with Crippen molar-refractivity contribution in [1.82, 2.24) is 5.32 Å². The Morgan fingerprint density at radius 3 is 2.42 bits per heavy atom. The Kier molecular flexibility index (Phi) is 4.66. The van der Waals surface area contributed by atoms with Gasteiger partial charge in [0.05, 0.1) is 6.10 Å². The van der Waals surface area contributed by atoms with Gasteiger partial charge in [0.1, 0.15) is 5.82 Å². The highest BCUT2D eigenvalue weighted by atomic mass is 19.1. The SMILES string of the molecule is C[C@@H](NCC(O)c1cccc(F)c1)c1ccccc1. The van der Waals surface area contributed by atoms with Gasteiger partial charge in [0.25, 0.3) is 0 Å². The van der Waals surface area contributed by atoms with Crippen molar-refractivity contribution in [2.45, 2.75) is 19.1 Å². The topological polar surface area (TPSA) is 32.3 Å². The summed E-state index contributed by atoms with van der Waals surface area (Å²) < 4.78 is 13.1. The molecule has 0 spiro atoms. The maximum absolute atomic E-state index is 13.1. The highest BCUT2D eigenvalue weighted by molar-refractivity contribution is 5.20. The van der Waals surface area contributed by atoms with Gasteiger partial charge in [0, 0.05) is 12.6 Å². The van der Waals surface area contributed by atoms with Crippen molar-refractivity contribution in [3.63, 3.8) is 0 Å². The van der Waals surface area contributed by atoms with Crippen LogP contribution in [-0.2, 0) is 0 Å². The fourth-order valence-corrected chi connectivity index (χ4v) is 1.98. The van der Waals surface area contributed by atoms with Crippen molar-refractivity contribution >= 4 is 0 Å². The van der Waals surface area contributed by atoms with Gasteiger partial charge in [0.2, 0.25) is 0 Å². The van der Waals surface area contributed by atoms with Crippen molar-refractivity contribution in [2.75, 3.05) is 6.54 Å². The second-order valence-electron chi connectivity index (χ2n) is 4.61. The van der Waals surface area contributed by atoms with E-state index in [2.05, 4.69) is 5.32 Å². The molecular formula is C16H18FNO. The number of aliphatic hydroxyl groups is 1. The largest absolute Gasteiger partial charge is 0.387 e. The molecule has 0 saturated heterocycles. The molecule has 0 amide bonds. The number of hydrogen-bond acceptors (Lipinski definition) is 2. The Bertz CT molecular complexity index is 515. The highest BCUT2D eigenvalue weighted by Crippen LogP contribution is 2.16. The second-order valence-corrected chi connectivity index (χ2v) is 4.61. The lowest BCUT2D eigenvalue weighted by atomic mass is 10.1. The Morgan fingerprint density at radius 2 is 1.74 bits per heavy atom. The third-order valence-corrected chi connectivity index (χ3v) is 3.15. The Balaban J connectivity index is 1.92. The molecule has 2 aromatic rings. The predicted octanol–water partition coefficient (Wildman–Crippen LogP) is 3.21. The van der Waals surface area contributed by atoms with Crippen LogP contribution in [0.3, 0.4) is 0 Å². The Morgan fingerprint density at radius 1 is 1.05 bits per heavy atom. The zero-order valence-corrected chi connectivity index (χ0v) is 10.9. The number of benzene rings is 2. The van der Waals surface area contributed by atoms with Gasteiger partial charge in [-0.05, 0) is 30.2 Å². The molecule has 0 aliphatic rings. The maximum Gasteiger partial charge on any atom is 0.123 e. The molecule has 0 heterocycles. The van der Waals surface area contributed by atoms with Crippen LogP contribution in [0.4, 0.5) is 4.39 Å². The molecule has 100 valence electrons. The fraction of sp³-hybridized carbons (Fsp3) is 0.250. The van der Waals surface area contributed by atoms with Crippen molar-refractivity contribution < 1.29 is 9.50 Å². The second kappa shape index (κ2) is 6.45. The predicted molar refractivity (Wildman–Crippen MR) is 74.2 cm³/mol. The van der Waals surface area contributed by atoms with E-state index in [1.165, 1.54) is 12.1 Å². The van der Waals surface area contributed by atoms with Gasteiger partial charge in [-0.25, -0.2) is 4.39 Å². The average molecular weight is 259 g/mol. The number of nitrogens with one attached hydrogen (secondary N) is 1. The Hall–Kier alpha value is -1.71. The molecule has 2 aromatic carbocycles. The summed E-state index contributed by atoms with van der Waals surface area (Å²) in [5.41, 5.74) is 1.75. The first-order valence-corrected chi connectivity index (χ1v) is 6.38. The summed E-state index contributed by atoms with van der Waals surface area (Å²) in [5.74, 6) is -0.326. The summed E-state index contributed by atoms with van der Waals surface area (Å²) >= 11 is 0. The summed E-state index contributed by atoms with van der Waals surface area (Å²) in [7, 11) is 0. The standard InChI is InChI=1S/C16H18FNO/c1-12(13-6-3-2-4-7-13)18-11-16(19)14-8-5-9-15(17)10-14/h2-10,12,16,18-19H,11H2,1H3/t12-,16?/m1/s1. The van der Waals surface area contributed by atoms with E-state index in [-0.39, 0.29) is 11.9 Å².